The lowest BCUT2D eigenvalue weighted by Crippen LogP contribution is -2.30. The lowest BCUT2D eigenvalue weighted by Gasteiger charge is -2.08. The molecule has 2 rings (SSSR count). The number of nitriles is 1. The van der Waals surface area contributed by atoms with E-state index < -0.39 is 0 Å². The number of hydrogen-bond donors (Lipinski definition) is 2. The average Bonchev–Trinajstić information content (AvgIpc) is 2.50. The number of hydrogen-bond acceptors (Lipinski definition) is 2. The molecule has 0 radical (unpaired) electrons. The molecule has 0 spiro atoms. The third-order valence-electron chi connectivity index (χ3n) is 2.91. The molecule has 5 heteroatoms. The summed E-state index contributed by atoms with van der Waals surface area (Å²) in [7, 11) is 0. The van der Waals surface area contributed by atoms with Crippen LogP contribution in [0.3, 0.4) is 0 Å². The molecule has 0 bridgehead atoms. The Morgan fingerprint density at radius 3 is 2.52 bits per heavy atom. The van der Waals surface area contributed by atoms with Gasteiger partial charge in [-0.1, -0.05) is 34.1 Å². The van der Waals surface area contributed by atoms with Crippen molar-refractivity contribution in [3.8, 4) is 6.07 Å². The Labute approximate surface area is 131 Å². The maximum absolute atomic E-state index is 11.7. The highest BCUT2D eigenvalue weighted by atomic mass is 79.9. The van der Waals surface area contributed by atoms with Crippen LogP contribution in [0, 0.1) is 11.3 Å². The molecule has 21 heavy (non-hydrogen) atoms. The quantitative estimate of drug-likeness (QED) is 0.889. The Balaban J connectivity index is 1.80. The summed E-state index contributed by atoms with van der Waals surface area (Å²) in [6, 6.07) is 16.4. The highest BCUT2D eigenvalue weighted by Crippen LogP contribution is 2.15. The third kappa shape index (κ3) is 4.62. The van der Waals surface area contributed by atoms with E-state index in [2.05, 4.69) is 26.6 Å². The van der Waals surface area contributed by atoms with E-state index in [-0.39, 0.29) is 6.03 Å². The van der Waals surface area contributed by atoms with Gasteiger partial charge < -0.3 is 10.6 Å². The Bertz CT molecular complexity index is 662. The number of rotatable bonds is 4. The number of halogens is 1. The second kappa shape index (κ2) is 7.46. The van der Waals surface area contributed by atoms with Crippen LogP contribution < -0.4 is 10.6 Å². The van der Waals surface area contributed by atoms with Gasteiger partial charge in [-0.3, -0.25) is 0 Å². The van der Waals surface area contributed by atoms with Crippen LogP contribution in [0.2, 0.25) is 0 Å². The fraction of sp³-hybridized carbons (Fsp3) is 0.125. The molecule has 0 heterocycles. The standard InChI is InChI=1S/C16H14BrN3O/c17-15-4-2-1-3-13(15)9-10-19-16(21)20-14-7-5-12(11-18)6-8-14/h1-8H,9-10H2,(H2,19,20,21). The Kier molecular flexibility index (Phi) is 5.35. The highest BCUT2D eigenvalue weighted by molar-refractivity contribution is 9.10. The summed E-state index contributed by atoms with van der Waals surface area (Å²) in [5, 5.41) is 14.2. The van der Waals surface area contributed by atoms with Crippen LogP contribution in [0.15, 0.2) is 53.0 Å². The predicted octanol–water partition coefficient (Wildman–Crippen LogP) is 3.68. The van der Waals surface area contributed by atoms with Gasteiger partial charge in [0.2, 0.25) is 0 Å². The molecule has 0 saturated heterocycles. The van der Waals surface area contributed by atoms with Crippen LogP contribution in [0.4, 0.5) is 10.5 Å². The van der Waals surface area contributed by atoms with Crippen LogP contribution in [0.5, 0.6) is 0 Å². The number of nitrogens with one attached hydrogen (secondary N) is 2. The van der Waals surface area contributed by atoms with Gasteiger partial charge in [-0.15, -0.1) is 0 Å². The topological polar surface area (TPSA) is 64.9 Å². The maximum Gasteiger partial charge on any atom is 0.319 e. The van der Waals surface area contributed by atoms with Crippen LogP contribution in [0.1, 0.15) is 11.1 Å². The molecule has 0 fully saturated rings. The van der Waals surface area contributed by atoms with E-state index in [0.29, 0.717) is 17.8 Å². The van der Waals surface area contributed by atoms with Crippen molar-refractivity contribution in [3.05, 3.63) is 64.1 Å². The summed E-state index contributed by atoms with van der Waals surface area (Å²) in [5.41, 5.74) is 2.37. The van der Waals surface area contributed by atoms with Crippen LogP contribution in [-0.4, -0.2) is 12.6 Å². The van der Waals surface area contributed by atoms with Gasteiger partial charge in [0.25, 0.3) is 0 Å². The van der Waals surface area contributed by atoms with Gasteiger partial charge in [-0.05, 0) is 42.3 Å². The van der Waals surface area contributed by atoms with Gasteiger partial charge in [-0.2, -0.15) is 5.26 Å². The zero-order chi connectivity index (χ0) is 15.1. The molecule has 4 nitrogen and oxygen atoms in total. The maximum atomic E-state index is 11.7. The molecule has 2 N–H and O–H groups in total. The Morgan fingerprint density at radius 1 is 1.14 bits per heavy atom. The van der Waals surface area contributed by atoms with Gasteiger partial charge in [0.15, 0.2) is 0 Å². The van der Waals surface area contributed by atoms with E-state index in [1.54, 1.807) is 24.3 Å². The van der Waals surface area contributed by atoms with Gasteiger partial charge in [-0.25, -0.2) is 4.79 Å². The van der Waals surface area contributed by atoms with Crippen molar-refractivity contribution < 1.29 is 4.79 Å². The fourth-order valence-electron chi connectivity index (χ4n) is 1.82. The van der Waals surface area contributed by atoms with Crippen LogP contribution in [0.25, 0.3) is 0 Å². The van der Waals surface area contributed by atoms with E-state index in [0.717, 1.165) is 16.5 Å². The van der Waals surface area contributed by atoms with E-state index in [4.69, 9.17) is 5.26 Å². The minimum Gasteiger partial charge on any atom is -0.338 e. The number of carbonyl (C=O) groups is 1. The van der Waals surface area contributed by atoms with E-state index >= 15 is 0 Å². The van der Waals surface area contributed by atoms with E-state index in [9.17, 15) is 4.79 Å². The molecule has 106 valence electrons. The summed E-state index contributed by atoms with van der Waals surface area (Å²) < 4.78 is 1.04. The van der Waals surface area contributed by atoms with Gasteiger partial charge in [0.05, 0.1) is 11.6 Å². The largest absolute Gasteiger partial charge is 0.338 e. The molecular formula is C16H14BrN3O. The summed E-state index contributed by atoms with van der Waals surface area (Å²) in [5.74, 6) is 0. The number of urea groups is 1. The Hall–Kier alpha value is -2.32. The van der Waals surface area contributed by atoms with Gasteiger partial charge in [0, 0.05) is 16.7 Å². The molecule has 2 aromatic rings. The summed E-state index contributed by atoms with van der Waals surface area (Å²) in [4.78, 5) is 11.7. The Morgan fingerprint density at radius 2 is 1.86 bits per heavy atom. The minimum atomic E-state index is -0.258. The molecule has 0 saturated carbocycles. The minimum absolute atomic E-state index is 0.258. The SMILES string of the molecule is N#Cc1ccc(NC(=O)NCCc2ccccc2Br)cc1. The predicted molar refractivity (Wildman–Crippen MR) is 86.0 cm³/mol. The average molecular weight is 344 g/mol. The molecular weight excluding hydrogens is 330 g/mol. The van der Waals surface area contributed by atoms with Crippen LogP contribution >= 0.6 is 15.9 Å². The van der Waals surface area contributed by atoms with Crippen molar-refractivity contribution in [3.63, 3.8) is 0 Å². The zero-order valence-electron chi connectivity index (χ0n) is 11.3. The monoisotopic (exact) mass is 343 g/mol. The van der Waals surface area contributed by atoms with E-state index in [1.807, 2.05) is 30.3 Å². The van der Waals surface area contributed by atoms with Crippen molar-refractivity contribution in [1.29, 1.82) is 5.26 Å². The second-order valence-electron chi connectivity index (χ2n) is 4.41. The van der Waals surface area contributed by atoms with Crippen LogP contribution in [-0.2, 0) is 6.42 Å². The first-order valence-electron chi connectivity index (χ1n) is 6.47. The van der Waals surface area contributed by atoms with Crippen molar-refractivity contribution in [1.82, 2.24) is 5.32 Å². The number of amides is 2. The number of benzene rings is 2. The number of anilines is 1. The molecule has 0 atom stereocenters. The fourth-order valence-corrected chi connectivity index (χ4v) is 2.30. The molecule has 0 aliphatic carbocycles. The lowest BCUT2D eigenvalue weighted by molar-refractivity contribution is 0.252. The van der Waals surface area contributed by atoms with Gasteiger partial charge in [0.1, 0.15) is 0 Å². The highest BCUT2D eigenvalue weighted by Gasteiger charge is 2.03. The summed E-state index contributed by atoms with van der Waals surface area (Å²) in [6.07, 6.45) is 0.752. The third-order valence-corrected chi connectivity index (χ3v) is 3.68. The first-order valence-corrected chi connectivity index (χ1v) is 7.27. The first kappa shape index (κ1) is 15.1. The van der Waals surface area contributed by atoms with Crippen molar-refractivity contribution in [2.75, 3.05) is 11.9 Å². The van der Waals surface area contributed by atoms with Crippen molar-refractivity contribution >= 4 is 27.6 Å². The second-order valence-corrected chi connectivity index (χ2v) is 5.27. The summed E-state index contributed by atoms with van der Waals surface area (Å²) >= 11 is 3.48. The molecule has 0 aromatic heterocycles. The number of nitrogens with zero attached hydrogens (tertiary/aromatic N) is 1. The lowest BCUT2D eigenvalue weighted by atomic mass is 10.1. The van der Waals surface area contributed by atoms with Crippen molar-refractivity contribution in [2.45, 2.75) is 6.42 Å². The number of carbonyl (C=O) groups excluding carboxylic acids is 1. The molecule has 0 unspecified atom stereocenters. The zero-order valence-corrected chi connectivity index (χ0v) is 12.9. The van der Waals surface area contributed by atoms with E-state index in [1.165, 1.54) is 0 Å². The molecule has 2 amide bonds. The van der Waals surface area contributed by atoms with Crippen molar-refractivity contribution in [2.24, 2.45) is 0 Å². The molecule has 0 aliphatic heterocycles. The van der Waals surface area contributed by atoms with Gasteiger partial charge >= 0.3 is 6.03 Å². The smallest absolute Gasteiger partial charge is 0.319 e. The first-order chi connectivity index (χ1) is 10.2. The summed E-state index contributed by atoms with van der Waals surface area (Å²) in [6.45, 7) is 0.546. The molecule has 2 aromatic carbocycles. The normalized spacial score (nSPS) is 9.71. The molecule has 0 aliphatic rings.